The normalized spacial score (nSPS) is 15.1. The summed E-state index contributed by atoms with van der Waals surface area (Å²) in [5, 5.41) is 15.3. The highest BCUT2D eigenvalue weighted by molar-refractivity contribution is 5.91. The number of hydrogen-bond acceptors (Lipinski definition) is 4. The van der Waals surface area contributed by atoms with Crippen molar-refractivity contribution in [3.8, 4) is 16.9 Å². The molecule has 1 atom stereocenters. The summed E-state index contributed by atoms with van der Waals surface area (Å²) in [5.74, 6) is 0.657. The molecule has 0 spiro atoms. The number of hydrogen-bond donors (Lipinski definition) is 2. The highest BCUT2D eigenvalue weighted by Gasteiger charge is 2.27. The molecule has 4 aromatic rings. The van der Waals surface area contributed by atoms with E-state index >= 15 is 0 Å². The Morgan fingerprint density at radius 1 is 1.08 bits per heavy atom. The molecular weight excluding hydrogens is 466 g/mol. The van der Waals surface area contributed by atoms with Crippen LogP contribution in [-0.2, 0) is 18.3 Å². The van der Waals surface area contributed by atoms with Gasteiger partial charge >= 0.3 is 6.03 Å². The minimum absolute atomic E-state index is 0.0825. The third-order valence-electron chi connectivity index (χ3n) is 6.78. The second-order valence-electron chi connectivity index (χ2n) is 9.27. The van der Waals surface area contributed by atoms with E-state index in [0.717, 1.165) is 40.1 Å². The van der Waals surface area contributed by atoms with Crippen molar-refractivity contribution in [3.05, 3.63) is 83.7 Å². The highest BCUT2D eigenvalue weighted by Crippen LogP contribution is 2.31. The van der Waals surface area contributed by atoms with Crippen LogP contribution in [0.4, 0.5) is 10.6 Å². The first-order valence-electron chi connectivity index (χ1n) is 12.5. The summed E-state index contributed by atoms with van der Waals surface area (Å²) < 4.78 is 3.47. The van der Waals surface area contributed by atoms with Gasteiger partial charge < -0.3 is 10.2 Å². The number of nitrogens with zero attached hydrogens (tertiary/aromatic N) is 5. The zero-order valence-electron chi connectivity index (χ0n) is 21.3. The Bertz CT molecular complexity index is 1420. The van der Waals surface area contributed by atoms with Crippen molar-refractivity contribution in [3.63, 3.8) is 0 Å². The number of benzene rings is 2. The van der Waals surface area contributed by atoms with Crippen molar-refractivity contribution in [1.82, 2.24) is 29.8 Å². The van der Waals surface area contributed by atoms with Gasteiger partial charge in [-0.1, -0.05) is 49.4 Å². The van der Waals surface area contributed by atoms with E-state index < -0.39 is 0 Å². The summed E-state index contributed by atoms with van der Waals surface area (Å²) in [6.07, 6.45) is 4.85. The van der Waals surface area contributed by atoms with Crippen LogP contribution >= 0.6 is 0 Å². The Kier molecular flexibility index (Phi) is 6.76. The fourth-order valence-corrected chi connectivity index (χ4v) is 4.86. The van der Waals surface area contributed by atoms with E-state index in [1.807, 2.05) is 80.5 Å². The molecule has 0 saturated carbocycles. The summed E-state index contributed by atoms with van der Waals surface area (Å²) in [6, 6.07) is 17.1. The molecule has 9 heteroatoms. The molecule has 5 rings (SSSR count). The third kappa shape index (κ3) is 4.97. The van der Waals surface area contributed by atoms with Crippen LogP contribution in [0, 0.1) is 6.92 Å². The van der Waals surface area contributed by atoms with Crippen LogP contribution in [0.25, 0.3) is 16.9 Å². The van der Waals surface area contributed by atoms with E-state index in [0.29, 0.717) is 25.3 Å². The van der Waals surface area contributed by atoms with Crippen molar-refractivity contribution in [1.29, 1.82) is 0 Å². The maximum Gasteiger partial charge on any atom is 0.320 e. The molecule has 0 fully saturated rings. The molecule has 3 heterocycles. The molecule has 0 aliphatic carbocycles. The Morgan fingerprint density at radius 2 is 1.84 bits per heavy atom. The zero-order valence-corrected chi connectivity index (χ0v) is 21.3. The Morgan fingerprint density at radius 3 is 2.57 bits per heavy atom. The molecule has 1 aliphatic heterocycles. The summed E-state index contributed by atoms with van der Waals surface area (Å²) in [7, 11) is 1.86. The van der Waals surface area contributed by atoms with Crippen molar-refractivity contribution in [2.45, 2.75) is 32.7 Å². The topological polar surface area (TPSA) is 97.1 Å². The van der Waals surface area contributed by atoms with Crippen molar-refractivity contribution in [2.24, 2.45) is 7.05 Å². The number of anilines is 1. The van der Waals surface area contributed by atoms with Crippen LogP contribution in [-0.4, -0.2) is 49.5 Å². The lowest BCUT2D eigenvalue weighted by molar-refractivity contribution is -0.131. The van der Waals surface area contributed by atoms with E-state index in [4.69, 9.17) is 5.10 Å². The number of rotatable bonds is 5. The molecular formula is C28H31N7O2. The fourth-order valence-electron chi connectivity index (χ4n) is 4.86. The molecule has 2 N–H and O–H groups in total. The maximum absolute atomic E-state index is 13.5. The van der Waals surface area contributed by atoms with Crippen LogP contribution in [0.5, 0.6) is 0 Å². The van der Waals surface area contributed by atoms with Gasteiger partial charge in [-0.2, -0.15) is 10.2 Å². The van der Waals surface area contributed by atoms with Crippen LogP contribution in [0.15, 0.2) is 67.0 Å². The summed E-state index contributed by atoms with van der Waals surface area (Å²) in [4.78, 5) is 27.8. The average Bonchev–Trinajstić information content (AvgIpc) is 3.42. The number of para-hydroxylation sites is 1. The zero-order chi connectivity index (χ0) is 25.9. The molecule has 0 saturated heterocycles. The van der Waals surface area contributed by atoms with Gasteiger partial charge in [-0.05, 0) is 36.6 Å². The number of aryl methyl sites for hydroxylation is 1. The largest absolute Gasteiger partial charge is 0.340 e. The fraction of sp³-hybridized carbons (Fsp3) is 0.286. The molecule has 3 amide bonds. The second kappa shape index (κ2) is 10.3. The number of fused-ring (bicyclic) bond motifs is 1. The van der Waals surface area contributed by atoms with E-state index in [9.17, 15) is 9.59 Å². The smallest absolute Gasteiger partial charge is 0.320 e. The first kappa shape index (κ1) is 24.3. The van der Waals surface area contributed by atoms with Gasteiger partial charge in [0.05, 0.1) is 17.9 Å². The molecule has 2 aromatic carbocycles. The van der Waals surface area contributed by atoms with Crippen LogP contribution < -0.4 is 10.6 Å². The molecule has 37 heavy (non-hydrogen) atoms. The van der Waals surface area contributed by atoms with Crippen molar-refractivity contribution >= 4 is 17.8 Å². The van der Waals surface area contributed by atoms with Crippen LogP contribution in [0.2, 0.25) is 0 Å². The lowest BCUT2D eigenvalue weighted by Gasteiger charge is -2.26. The first-order chi connectivity index (χ1) is 17.9. The molecule has 190 valence electrons. The number of nitrogens with one attached hydrogen (secondary N) is 2. The van der Waals surface area contributed by atoms with Gasteiger partial charge in [-0.25, -0.2) is 9.48 Å². The lowest BCUT2D eigenvalue weighted by atomic mass is 10.00. The van der Waals surface area contributed by atoms with Crippen LogP contribution in [0.3, 0.4) is 0 Å². The molecule has 0 radical (unpaired) electrons. The molecule has 9 nitrogen and oxygen atoms in total. The predicted octanol–water partition coefficient (Wildman–Crippen LogP) is 4.24. The van der Waals surface area contributed by atoms with Gasteiger partial charge in [0, 0.05) is 43.9 Å². The number of carbonyl (C=O) groups excluding carboxylic acids is 2. The number of carbonyl (C=O) groups is 2. The molecule has 1 aliphatic rings. The van der Waals surface area contributed by atoms with Gasteiger partial charge in [0.25, 0.3) is 0 Å². The van der Waals surface area contributed by atoms with E-state index in [1.54, 1.807) is 15.6 Å². The number of urea groups is 1. The minimum atomic E-state index is -0.358. The highest BCUT2D eigenvalue weighted by atomic mass is 16.2. The SMILES string of the molecule is CCC(=O)N1CCc2ccccc2C(NC(=O)Nc2c(C)c(-c3cnn(C)c3)nn2-c2ccccc2)C1. The van der Waals surface area contributed by atoms with E-state index in [2.05, 4.69) is 21.8 Å². The third-order valence-corrected chi connectivity index (χ3v) is 6.78. The number of aromatic nitrogens is 4. The van der Waals surface area contributed by atoms with Gasteiger partial charge in [-0.3, -0.25) is 14.8 Å². The molecule has 1 unspecified atom stereocenters. The van der Waals surface area contributed by atoms with Gasteiger partial charge in [0.1, 0.15) is 11.5 Å². The van der Waals surface area contributed by atoms with Gasteiger partial charge in [-0.15, -0.1) is 0 Å². The van der Waals surface area contributed by atoms with Crippen molar-refractivity contribution in [2.75, 3.05) is 18.4 Å². The summed E-state index contributed by atoms with van der Waals surface area (Å²) in [5.41, 5.74) is 5.44. The van der Waals surface area contributed by atoms with Crippen LogP contribution in [0.1, 0.15) is 36.1 Å². The minimum Gasteiger partial charge on any atom is -0.340 e. The second-order valence-corrected chi connectivity index (χ2v) is 9.27. The monoisotopic (exact) mass is 497 g/mol. The molecule has 0 bridgehead atoms. The van der Waals surface area contributed by atoms with Crippen molar-refractivity contribution < 1.29 is 9.59 Å². The standard InChI is InChI=1S/C28H31N7O2/c1-4-25(36)34-15-14-20-10-8-9-13-23(20)24(18-34)30-28(37)31-27-19(2)26(21-16-29-33(3)17-21)32-35(27)22-11-6-5-7-12-22/h5-13,16-17,24H,4,14-15,18H2,1-3H3,(H2,30,31,37). The lowest BCUT2D eigenvalue weighted by Crippen LogP contribution is -2.41. The Hall–Kier alpha value is -4.40. The Labute approximate surface area is 216 Å². The molecule has 2 aromatic heterocycles. The number of amides is 3. The van der Waals surface area contributed by atoms with E-state index in [1.165, 1.54) is 0 Å². The summed E-state index contributed by atoms with van der Waals surface area (Å²) >= 11 is 0. The van der Waals surface area contributed by atoms with Gasteiger partial charge in [0.15, 0.2) is 0 Å². The average molecular weight is 498 g/mol. The Balaban J connectivity index is 1.46. The predicted molar refractivity (Wildman–Crippen MR) is 142 cm³/mol. The van der Waals surface area contributed by atoms with E-state index in [-0.39, 0.29) is 18.0 Å². The summed E-state index contributed by atoms with van der Waals surface area (Å²) in [6.45, 7) is 4.86. The van der Waals surface area contributed by atoms with Gasteiger partial charge in [0.2, 0.25) is 5.91 Å². The first-order valence-corrected chi connectivity index (χ1v) is 12.5. The maximum atomic E-state index is 13.5. The quantitative estimate of drug-likeness (QED) is 0.431.